The predicted octanol–water partition coefficient (Wildman–Crippen LogP) is 23.7. The molecule has 0 rings (SSSR count). The van der Waals surface area contributed by atoms with Gasteiger partial charge in [0.1, 0.15) is 19.3 Å². The molecule has 104 heavy (non-hydrogen) atoms. The molecule has 0 amide bonds. The fraction of sp³-hybridized carbons (Fsp3) is 0.694. The predicted molar refractivity (Wildman–Crippen MR) is 427 cm³/mol. The maximum atomic E-state index is 13.1. The molecule has 0 bridgehead atoms. The minimum atomic E-state index is -4.99. The van der Waals surface area contributed by atoms with Gasteiger partial charge >= 0.3 is 39.5 Å². The molecule has 0 aromatic carbocycles. The van der Waals surface area contributed by atoms with Crippen molar-refractivity contribution in [2.45, 2.75) is 341 Å². The van der Waals surface area contributed by atoms with Gasteiger partial charge in [0.25, 0.3) is 0 Å². The van der Waals surface area contributed by atoms with E-state index in [0.29, 0.717) is 25.7 Å². The Morgan fingerprint density at radius 2 is 0.519 bits per heavy atom. The third-order valence-electron chi connectivity index (χ3n) is 16.6. The smallest absolute Gasteiger partial charge is 0.462 e. The van der Waals surface area contributed by atoms with E-state index in [0.717, 1.165) is 205 Å². The van der Waals surface area contributed by atoms with Gasteiger partial charge in [-0.2, -0.15) is 0 Å². The largest absolute Gasteiger partial charge is 0.472 e. The molecule has 17 nitrogen and oxygen atoms in total. The van der Waals surface area contributed by atoms with E-state index in [2.05, 4.69) is 161 Å². The van der Waals surface area contributed by atoms with Crippen LogP contribution in [0.15, 0.2) is 134 Å². The highest BCUT2D eigenvalue weighted by Crippen LogP contribution is 2.45. The zero-order valence-electron chi connectivity index (χ0n) is 65.2. The fourth-order valence-electron chi connectivity index (χ4n) is 10.5. The van der Waals surface area contributed by atoms with E-state index in [1.54, 1.807) is 0 Å². The highest BCUT2D eigenvalue weighted by Gasteiger charge is 2.30. The minimum Gasteiger partial charge on any atom is -0.462 e. The number of hydrogen-bond acceptors (Lipinski definition) is 15. The van der Waals surface area contributed by atoms with E-state index in [1.165, 1.54) is 38.5 Å². The number of allylic oxidation sites excluding steroid dienone is 22. The average Bonchev–Trinajstić information content (AvgIpc) is 0.911. The molecule has 0 aromatic rings. The van der Waals surface area contributed by atoms with Crippen LogP contribution in [0.25, 0.3) is 0 Å². The number of aliphatic hydroxyl groups excluding tert-OH is 1. The first-order valence-corrected chi connectivity index (χ1v) is 43.4. The summed E-state index contributed by atoms with van der Waals surface area (Å²) in [5.74, 6) is -2.24. The second-order valence-corrected chi connectivity index (χ2v) is 29.5. The van der Waals surface area contributed by atoms with Crippen LogP contribution in [-0.4, -0.2) is 96.7 Å². The third kappa shape index (κ3) is 75.4. The Kier molecular flexibility index (Phi) is 72.9. The van der Waals surface area contributed by atoms with Crippen molar-refractivity contribution in [2.24, 2.45) is 0 Å². The molecule has 0 heterocycles. The molecule has 0 spiro atoms. The van der Waals surface area contributed by atoms with Crippen molar-refractivity contribution in [1.82, 2.24) is 0 Å². The maximum absolute atomic E-state index is 13.1. The standard InChI is InChI=1S/C85H144O17P2/c1-5-9-13-17-21-25-29-33-36-38-39-41-44-47-50-54-58-62-66-70-83(88)96-76-81(102-85(90)72-68-64-60-56-52-48-42-35-31-27-23-19-15-11-7-3)78-100-104(93,94)98-74-79(86)73-97-103(91,92)99-77-80(101-84(89)71-67-63-59-55-51-45-32-28-24-20-16-12-8-4)75-95-82(87)69-65-61-57-53-49-46-43-40-37-34-30-26-22-18-14-10-6-2/h9-10,13-14,16,20-22,25-26,28,32-37,39,41-43,46,79-81,86H,5-8,11-12,15,17-19,23-24,27,29-31,38,40,44-45,47-78H2,1-4H3,(H,91,92)(H,93,94)/b13-9-,14-10-,20-16-,25-21-,26-22-,32-28-,36-33-,37-34-,41-39-,42-35-,46-43-. The lowest BCUT2D eigenvalue weighted by molar-refractivity contribution is -0.161. The number of esters is 4. The van der Waals surface area contributed by atoms with E-state index in [4.69, 9.17) is 37.0 Å². The molecule has 0 saturated heterocycles. The van der Waals surface area contributed by atoms with Gasteiger partial charge in [-0.3, -0.25) is 37.3 Å². The lowest BCUT2D eigenvalue weighted by Gasteiger charge is -2.21. The van der Waals surface area contributed by atoms with E-state index in [9.17, 15) is 43.2 Å². The summed E-state index contributed by atoms with van der Waals surface area (Å²) >= 11 is 0. The van der Waals surface area contributed by atoms with Gasteiger partial charge in [-0.1, -0.05) is 277 Å². The third-order valence-corrected chi connectivity index (χ3v) is 18.5. The molecular formula is C85H144O17P2. The van der Waals surface area contributed by atoms with Gasteiger partial charge < -0.3 is 33.8 Å². The summed E-state index contributed by atoms with van der Waals surface area (Å²) in [6.07, 6.45) is 85.7. The molecule has 0 fully saturated rings. The van der Waals surface area contributed by atoms with Crippen LogP contribution < -0.4 is 0 Å². The minimum absolute atomic E-state index is 0.0700. The van der Waals surface area contributed by atoms with Gasteiger partial charge in [-0.15, -0.1) is 0 Å². The van der Waals surface area contributed by atoms with Crippen LogP contribution in [0.1, 0.15) is 323 Å². The highest BCUT2D eigenvalue weighted by molar-refractivity contribution is 7.47. The van der Waals surface area contributed by atoms with E-state index < -0.39 is 97.5 Å². The highest BCUT2D eigenvalue weighted by atomic mass is 31.2. The molecule has 0 aromatic heterocycles. The Morgan fingerprint density at radius 3 is 0.817 bits per heavy atom. The fourth-order valence-corrected chi connectivity index (χ4v) is 12.0. The number of phosphoric ester groups is 2. The molecule has 3 N–H and O–H groups in total. The van der Waals surface area contributed by atoms with E-state index >= 15 is 0 Å². The van der Waals surface area contributed by atoms with Crippen LogP contribution in [0.2, 0.25) is 0 Å². The molecule has 0 aliphatic heterocycles. The Labute approximate surface area is 631 Å². The van der Waals surface area contributed by atoms with Crippen molar-refractivity contribution in [1.29, 1.82) is 0 Å². The molecule has 596 valence electrons. The molecular weight excluding hydrogens is 1350 g/mol. The zero-order valence-corrected chi connectivity index (χ0v) is 66.9. The molecule has 5 unspecified atom stereocenters. The van der Waals surface area contributed by atoms with Crippen molar-refractivity contribution >= 4 is 39.5 Å². The summed E-state index contributed by atoms with van der Waals surface area (Å²) < 4.78 is 68.6. The number of carbonyl (C=O) groups is 4. The SMILES string of the molecule is CC/C=C\C/C=C\C/C=C\C/C=C\CCCCCCCCC(=O)OCC(COP(=O)(O)OCC(O)COP(=O)(O)OCC(COC(=O)CCCCCC/C=C\C/C=C\C/C=C\C/C=C\CC)OC(=O)CCCCCCC/C=C\C/C=C\CCC)OC(=O)CCCCCCC/C=C\CCCCCCCC. The monoisotopic (exact) mass is 1500 g/mol. The normalized spacial score (nSPS) is 14.6. The molecule has 19 heteroatoms. The zero-order chi connectivity index (χ0) is 76.0. The topological polar surface area (TPSA) is 237 Å². The Bertz CT molecular complexity index is 2490. The van der Waals surface area contributed by atoms with Gasteiger partial charge in [0, 0.05) is 25.7 Å². The first kappa shape index (κ1) is 99.2. The molecule has 0 saturated carbocycles. The molecule has 5 atom stereocenters. The number of ether oxygens (including phenoxy) is 4. The summed E-state index contributed by atoms with van der Waals surface area (Å²) in [5.41, 5.74) is 0. The first-order chi connectivity index (χ1) is 50.7. The van der Waals surface area contributed by atoms with Crippen LogP contribution in [0, 0.1) is 0 Å². The molecule has 0 radical (unpaired) electrons. The quantitative estimate of drug-likeness (QED) is 0.0169. The summed E-state index contributed by atoms with van der Waals surface area (Å²) in [6.45, 7) is 4.53. The van der Waals surface area contributed by atoms with E-state index in [-0.39, 0.29) is 25.7 Å². The summed E-state index contributed by atoms with van der Waals surface area (Å²) in [5, 5.41) is 10.6. The average molecular weight is 1500 g/mol. The Hall–Kier alpha value is -4.80. The second kappa shape index (κ2) is 76.4. The van der Waals surface area contributed by atoms with Gasteiger partial charge in [0.2, 0.25) is 0 Å². The van der Waals surface area contributed by atoms with Gasteiger partial charge in [-0.05, 0) is 154 Å². The summed E-state index contributed by atoms with van der Waals surface area (Å²) in [7, 11) is -9.98. The van der Waals surface area contributed by atoms with Crippen molar-refractivity contribution in [3.8, 4) is 0 Å². The van der Waals surface area contributed by atoms with Gasteiger partial charge in [-0.25, -0.2) is 9.13 Å². The summed E-state index contributed by atoms with van der Waals surface area (Å²) in [4.78, 5) is 73.1. The van der Waals surface area contributed by atoms with Crippen molar-refractivity contribution in [2.75, 3.05) is 39.6 Å². The van der Waals surface area contributed by atoms with Crippen LogP contribution in [0.4, 0.5) is 0 Å². The lowest BCUT2D eigenvalue weighted by Crippen LogP contribution is -2.30. The van der Waals surface area contributed by atoms with Gasteiger partial charge in [0.05, 0.1) is 26.4 Å². The van der Waals surface area contributed by atoms with E-state index in [1.807, 2.05) is 0 Å². The van der Waals surface area contributed by atoms with Crippen molar-refractivity contribution in [3.63, 3.8) is 0 Å². The first-order valence-electron chi connectivity index (χ1n) is 40.4. The molecule has 0 aliphatic carbocycles. The maximum Gasteiger partial charge on any atom is 0.472 e. The second-order valence-electron chi connectivity index (χ2n) is 26.6. The Morgan fingerprint density at radius 1 is 0.279 bits per heavy atom. The van der Waals surface area contributed by atoms with Crippen LogP contribution in [0.5, 0.6) is 0 Å². The lowest BCUT2D eigenvalue weighted by atomic mass is 10.1. The van der Waals surface area contributed by atoms with Crippen molar-refractivity contribution in [3.05, 3.63) is 134 Å². The number of aliphatic hydroxyl groups is 1. The number of hydrogen-bond donors (Lipinski definition) is 3. The number of rotatable bonds is 75. The van der Waals surface area contributed by atoms with Crippen LogP contribution in [0.3, 0.4) is 0 Å². The number of carbonyl (C=O) groups excluding carboxylic acids is 4. The number of unbranched alkanes of at least 4 members (excludes halogenated alkanes) is 27. The Balaban J connectivity index is 5.39. The molecule has 0 aliphatic rings. The van der Waals surface area contributed by atoms with Gasteiger partial charge in [0.15, 0.2) is 12.2 Å². The summed E-state index contributed by atoms with van der Waals surface area (Å²) in [6, 6.07) is 0. The van der Waals surface area contributed by atoms with Crippen LogP contribution >= 0.6 is 15.6 Å². The van der Waals surface area contributed by atoms with Crippen molar-refractivity contribution < 1.29 is 80.2 Å². The number of phosphoric acid groups is 2. The van der Waals surface area contributed by atoms with Crippen LogP contribution in [-0.2, 0) is 65.4 Å².